The SMILES string of the molecule is CCC1(CC)NC(=O)CN(c2cc(Cl)c(C)cc2Cl)C1=O. The second-order valence-corrected chi connectivity index (χ2v) is 6.10. The molecule has 2 amide bonds. The lowest BCUT2D eigenvalue weighted by Crippen LogP contribution is -2.66. The number of halogens is 2. The van der Waals surface area contributed by atoms with Gasteiger partial charge in [-0.05, 0) is 37.5 Å². The fraction of sp³-hybridized carbons (Fsp3) is 0.467. The van der Waals surface area contributed by atoms with Crippen molar-refractivity contribution in [3.05, 3.63) is 27.7 Å². The lowest BCUT2D eigenvalue weighted by atomic mass is 9.88. The van der Waals surface area contributed by atoms with Crippen molar-refractivity contribution >= 4 is 40.7 Å². The molecule has 0 spiro atoms. The summed E-state index contributed by atoms with van der Waals surface area (Å²) in [6, 6.07) is 3.35. The van der Waals surface area contributed by atoms with Crippen molar-refractivity contribution in [1.82, 2.24) is 5.32 Å². The number of nitrogens with zero attached hydrogens (tertiary/aromatic N) is 1. The highest BCUT2D eigenvalue weighted by Crippen LogP contribution is 2.35. The van der Waals surface area contributed by atoms with Crippen molar-refractivity contribution in [2.75, 3.05) is 11.4 Å². The topological polar surface area (TPSA) is 49.4 Å². The van der Waals surface area contributed by atoms with Crippen LogP contribution in [0.4, 0.5) is 5.69 Å². The Bertz CT molecular complexity index is 598. The van der Waals surface area contributed by atoms with Gasteiger partial charge >= 0.3 is 0 Å². The minimum Gasteiger partial charge on any atom is -0.340 e. The molecule has 2 rings (SSSR count). The molecule has 114 valence electrons. The monoisotopic (exact) mass is 328 g/mol. The molecule has 1 N–H and O–H groups in total. The minimum absolute atomic E-state index is 0.0420. The predicted molar refractivity (Wildman–Crippen MR) is 85.0 cm³/mol. The van der Waals surface area contributed by atoms with Crippen molar-refractivity contribution in [3.63, 3.8) is 0 Å². The van der Waals surface area contributed by atoms with Crippen molar-refractivity contribution in [2.24, 2.45) is 0 Å². The van der Waals surface area contributed by atoms with E-state index in [2.05, 4.69) is 5.32 Å². The smallest absolute Gasteiger partial charge is 0.253 e. The molecule has 4 nitrogen and oxygen atoms in total. The molecule has 0 aromatic heterocycles. The van der Waals surface area contributed by atoms with Crippen LogP contribution in [0.15, 0.2) is 12.1 Å². The third-order valence-corrected chi connectivity index (χ3v) is 4.77. The van der Waals surface area contributed by atoms with Gasteiger partial charge in [-0.15, -0.1) is 0 Å². The van der Waals surface area contributed by atoms with E-state index in [4.69, 9.17) is 23.2 Å². The Kier molecular flexibility index (Phi) is 4.49. The Hall–Kier alpha value is -1.26. The van der Waals surface area contributed by atoms with Crippen LogP contribution in [0.3, 0.4) is 0 Å². The zero-order chi connectivity index (χ0) is 15.8. The van der Waals surface area contributed by atoms with Crippen LogP contribution in [0.2, 0.25) is 10.0 Å². The first-order valence-electron chi connectivity index (χ1n) is 6.93. The fourth-order valence-electron chi connectivity index (χ4n) is 2.60. The van der Waals surface area contributed by atoms with E-state index in [1.54, 1.807) is 12.1 Å². The maximum Gasteiger partial charge on any atom is 0.253 e. The van der Waals surface area contributed by atoms with E-state index >= 15 is 0 Å². The van der Waals surface area contributed by atoms with Gasteiger partial charge in [-0.3, -0.25) is 14.5 Å². The molecule has 1 fully saturated rings. The zero-order valence-electron chi connectivity index (χ0n) is 12.3. The maximum absolute atomic E-state index is 12.8. The molecule has 0 unspecified atom stereocenters. The number of anilines is 1. The summed E-state index contributed by atoms with van der Waals surface area (Å²) in [6.07, 6.45) is 1.06. The summed E-state index contributed by atoms with van der Waals surface area (Å²) < 4.78 is 0. The molecule has 1 aromatic rings. The molecule has 0 saturated carbocycles. The highest BCUT2D eigenvalue weighted by atomic mass is 35.5. The average molecular weight is 329 g/mol. The van der Waals surface area contributed by atoms with Gasteiger partial charge in [0.2, 0.25) is 5.91 Å². The van der Waals surface area contributed by atoms with Crippen molar-refractivity contribution in [1.29, 1.82) is 0 Å². The summed E-state index contributed by atoms with van der Waals surface area (Å²) in [5.41, 5.74) is 0.450. The standard InChI is InChI=1S/C15H18Cl2N2O2/c1-4-15(5-2)14(21)19(8-13(20)18-15)12-7-10(16)9(3)6-11(12)17/h6-7H,4-5,8H2,1-3H3,(H,18,20). The summed E-state index contributed by atoms with van der Waals surface area (Å²) in [4.78, 5) is 26.3. The maximum atomic E-state index is 12.8. The van der Waals surface area contributed by atoms with Gasteiger partial charge in [-0.2, -0.15) is 0 Å². The molecule has 1 saturated heterocycles. The van der Waals surface area contributed by atoms with Gasteiger partial charge in [-0.25, -0.2) is 0 Å². The van der Waals surface area contributed by atoms with Crippen LogP contribution < -0.4 is 10.2 Å². The predicted octanol–water partition coefficient (Wildman–Crippen LogP) is 3.32. The number of aryl methyl sites for hydroxylation is 1. The van der Waals surface area contributed by atoms with Crippen LogP contribution in [-0.2, 0) is 9.59 Å². The lowest BCUT2D eigenvalue weighted by molar-refractivity contribution is -0.136. The van der Waals surface area contributed by atoms with Crippen molar-refractivity contribution in [2.45, 2.75) is 39.2 Å². The summed E-state index contributed by atoms with van der Waals surface area (Å²) in [6.45, 7) is 5.56. The van der Waals surface area contributed by atoms with Crippen LogP contribution in [0.1, 0.15) is 32.3 Å². The molecule has 0 bridgehead atoms. The van der Waals surface area contributed by atoms with E-state index in [-0.39, 0.29) is 18.4 Å². The number of rotatable bonds is 3. The molecule has 1 aromatic carbocycles. The van der Waals surface area contributed by atoms with Gasteiger partial charge in [0.15, 0.2) is 0 Å². The zero-order valence-corrected chi connectivity index (χ0v) is 13.8. The van der Waals surface area contributed by atoms with Crippen LogP contribution in [-0.4, -0.2) is 23.9 Å². The van der Waals surface area contributed by atoms with Gasteiger partial charge < -0.3 is 5.32 Å². The van der Waals surface area contributed by atoms with Gasteiger partial charge in [0.25, 0.3) is 5.91 Å². The quantitative estimate of drug-likeness (QED) is 0.925. The Morgan fingerprint density at radius 1 is 1.19 bits per heavy atom. The molecule has 21 heavy (non-hydrogen) atoms. The first-order chi connectivity index (χ1) is 9.84. The van der Waals surface area contributed by atoms with Gasteiger partial charge in [0.05, 0.1) is 10.7 Å². The summed E-state index contributed by atoms with van der Waals surface area (Å²) in [5, 5.41) is 3.76. The number of hydrogen-bond donors (Lipinski definition) is 1. The third kappa shape index (κ3) is 2.74. The van der Waals surface area contributed by atoms with Crippen molar-refractivity contribution < 1.29 is 9.59 Å². The number of nitrogens with one attached hydrogen (secondary N) is 1. The molecule has 0 atom stereocenters. The summed E-state index contributed by atoms with van der Waals surface area (Å²) >= 11 is 12.4. The highest BCUT2D eigenvalue weighted by molar-refractivity contribution is 6.36. The molecule has 1 aliphatic heterocycles. The van der Waals surface area contributed by atoms with Gasteiger partial charge in [-0.1, -0.05) is 37.0 Å². The first kappa shape index (κ1) is 16.1. The normalized spacial score (nSPS) is 17.9. The van der Waals surface area contributed by atoms with Crippen LogP contribution >= 0.6 is 23.2 Å². The van der Waals surface area contributed by atoms with E-state index in [1.807, 2.05) is 20.8 Å². The number of benzene rings is 1. The van der Waals surface area contributed by atoms with E-state index < -0.39 is 5.54 Å². The molecular weight excluding hydrogens is 311 g/mol. The van der Waals surface area contributed by atoms with Crippen LogP contribution in [0.5, 0.6) is 0 Å². The van der Waals surface area contributed by atoms with Crippen LogP contribution in [0.25, 0.3) is 0 Å². The Morgan fingerprint density at radius 3 is 2.38 bits per heavy atom. The largest absolute Gasteiger partial charge is 0.340 e. The lowest BCUT2D eigenvalue weighted by Gasteiger charge is -2.41. The third-order valence-electron chi connectivity index (χ3n) is 4.06. The highest BCUT2D eigenvalue weighted by Gasteiger charge is 2.45. The summed E-state index contributed by atoms with van der Waals surface area (Å²) in [5.74, 6) is -0.333. The minimum atomic E-state index is -0.865. The van der Waals surface area contributed by atoms with Crippen LogP contribution in [0, 0.1) is 6.92 Å². The second kappa shape index (κ2) is 5.85. The Labute approximate surface area is 134 Å². The number of carbonyl (C=O) groups is 2. The van der Waals surface area contributed by atoms with Gasteiger partial charge in [0, 0.05) is 5.02 Å². The number of carbonyl (C=O) groups excluding carboxylic acids is 2. The molecule has 1 heterocycles. The number of piperazine rings is 1. The Balaban J connectivity index is 2.50. The molecule has 0 aliphatic carbocycles. The van der Waals surface area contributed by atoms with E-state index in [1.165, 1.54) is 4.90 Å². The first-order valence-corrected chi connectivity index (χ1v) is 7.69. The molecule has 1 aliphatic rings. The second-order valence-electron chi connectivity index (χ2n) is 5.28. The van der Waals surface area contributed by atoms with E-state index in [9.17, 15) is 9.59 Å². The molecular formula is C15H18Cl2N2O2. The summed E-state index contributed by atoms with van der Waals surface area (Å²) in [7, 11) is 0. The average Bonchev–Trinajstić information content (AvgIpc) is 2.45. The van der Waals surface area contributed by atoms with Crippen molar-refractivity contribution in [3.8, 4) is 0 Å². The fourth-order valence-corrected chi connectivity index (χ4v) is 3.08. The molecule has 6 heteroatoms. The number of amides is 2. The molecule has 0 radical (unpaired) electrons. The van der Waals surface area contributed by atoms with Gasteiger partial charge in [0.1, 0.15) is 12.1 Å². The number of hydrogen-bond acceptors (Lipinski definition) is 2. The Morgan fingerprint density at radius 2 is 1.81 bits per heavy atom. The van der Waals surface area contributed by atoms with E-state index in [0.29, 0.717) is 28.6 Å². The van der Waals surface area contributed by atoms with E-state index in [0.717, 1.165) is 5.56 Å².